The van der Waals surface area contributed by atoms with E-state index >= 15 is 0 Å². The van der Waals surface area contributed by atoms with Crippen LogP contribution in [0.3, 0.4) is 0 Å². The first-order valence-electron chi connectivity index (χ1n) is 4.56. The van der Waals surface area contributed by atoms with Crippen molar-refractivity contribution in [3.8, 4) is 0 Å². The van der Waals surface area contributed by atoms with Crippen molar-refractivity contribution in [1.29, 1.82) is 0 Å². The summed E-state index contributed by atoms with van der Waals surface area (Å²) in [4.78, 5) is 20.9. The number of benzene rings is 1. The SMILES string of the molecule is COC(=O)N(OC)c1ccccc1CON. The highest BCUT2D eigenvalue weighted by Crippen LogP contribution is 2.21. The lowest BCUT2D eigenvalue weighted by molar-refractivity contribution is 0.110. The van der Waals surface area contributed by atoms with E-state index in [1.807, 2.05) is 6.07 Å². The van der Waals surface area contributed by atoms with Crippen molar-refractivity contribution in [1.82, 2.24) is 0 Å². The van der Waals surface area contributed by atoms with E-state index in [0.29, 0.717) is 5.69 Å². The summed E-state index contributed by atoms with van der Waals surface area (Å²) in [6.45, 7) is 0.174. The molecule has 88 valence electrons. The molecular formula is C10H14N2O4. The van der Waals surface area contributed by atoms with Crippen LogP contribution < -0.4 is 11.0 Å². The smallest absolute Gasteiger partial charge is 0.438 e. The van der Waals surface area contributed by atoms with Gasteiger partial charge in [0.05, 0.1) is 26.5 Å². The Morgan fingerprint density at radius 2 is 2.06 bits per heavy atom. The molecular weight excluding hydrogens is 212 g/mol. The van der Waals surface area contributed by atoms with Crippen LogP contribution in [0.25, 0.3) is 0 Å². The van der Waals surface area contributed by atoms with Crippen molar-refractivity contribution in [3.05, 3.63) is 29.8 Å². The lowest BCUT2D eigenvalue weighted by Crippen LogP contribution is -2.30. The number of para-hydroxylation sites is 1. The van der Waals surface area contributed by atoms with Crippen molar-refractivity contribution >= 4 is 11.8 Å². The highest BCUT2D eigenvalue weighted by molar-refractivity contribution is 5.86. The molecule has 0 saturated heterocycles. The summed E-state index contributed by atoms with van der Waals surface area (Å²) in [7, 11) is 2.65. The molecule has 0 heterocycles. The second-order valence-corrected chi connectivity index (χ2v) is 2.89. The fraction of sp³-hybridized carbons (Fsp3) is 0.300. The van der Waals surface area contributed by atoms with E-state index < -0.39 is 6.09 Å². The summed E-state index contributed by atoms with van der Waals surface area (Å²) in [6.07, 6.45) is -0.619. The minimum atomic E-state index is -0.619. The zero-order valence-electron chi connectivity index (χ0n) is 9.17. The first-order chi connectivity index (χ1) is 7.74. The fourth-order valence-corrected chi connectivity index (χ4v) is 1.27. The molecule has 2 N–H and O–H groups in total. The van der Waals surface area contributed by atoms with Gasteiger partial charge in [-0.1, -0.05) is 18.2 Å². The molecule has 1 amide bonds. The third kappa shape index (κ3) is 2.69. The normalized spacial score (nSPS) is 9.94. The zero-order chi connectivity index (χ0) is 12.0. The average Bonchev–Trinajstić information content (AvgIpc) is 2.32. The van der Waals surface area contributed by atoms with E-state index in [2.05, 4.69) is 9.57 Å². The maximum Gasteiger partial charge on any atom is 0.438 e. The summed E-state index contributed by atoms with van der Waals surface area (Å²) >= 11 is 0. The molecule has 0 aliphatic rings. The fourth-order valence-electron chi connectivity index (χ4n) is 1.27. The number of carbonyl (C=O) groups is 1. The van der Waals surface area contributed by atoms with Crippen LogP contribution in [0.2, 0.25) is 0 Å². The van der Waals surface area contributed by atoms with Gasteiger partial charge in [0.1, 0.15) is 0 Å². The second kappa shape index (κ2) is 6.06. The Morgan fingerprint density at radius 3 is 2.62 bits per heavy atom. The Bertz CT molecular complexity index is 356. The largest absolute Gasteiger partial charge is 0.451 e. The first kappa shape index (κ1) is 12.4. The minimum absolute atomic E-state index is 0.174. The number of nitrogens with zero attached hydrogens (tertiary/aromatic N) is 1. The summed E-state index contributed by atoms with van der Waals surface area (Å²) in [5.74, 6) is 5.00. The van der Waals surface area contributed by atoms with E-state index in [-0.39, 0.29) is 6.61 Å². The second-order valence-electron chi connectivity index (χ2n) is 2.89. The van der Waals surface area contributed by atoms with Gasteiger partial charge in [-0.15, -0.1) is 0 Å². The number of ether oxygens (including phenoxy) is 1. The van der Waals surface area contributed by atoms with E-state index in [9.17, 15) is 4.79 Å². The van der Waals surface area contributed by atoms with E-state index in [0.717, 1.165) is 10.6 Å². The van der Waals surface area contributed by atoms with Crippen LogP contribution in [0, 0.1) is 0 Å². The van der Waals surface area contributed by atoms with Gasteiger partial charge in [0, 0.05) is 5.56 Å². The van der Waals surface area contributed by atoms with Crippen LogP contribution in [0.5, 0.6) is 0 Å². The van der Waals surface area contributed by atoms with Crippen LogP contribution in [0.1, 0.15) is 5.56 Å². The molecule has 0 aliphatic carbocycles. The van der Waals surface area contributed by atoms with Gasteiger partial charge in [0.2, 0.25) is 0 Å². The first-order valence-corrected chi connectivity index (χ1v) is 4.56. The minimum Gasteiger partial charge on any atom is -0.451 e. The average molecular weight is 226 g/mol. The lowest BCUT2D eigenvalue weighted by Gasteiger charge is -2.20. The Morgan fingerprint density at radius 1 is 1.38 bits per heavy atom. The quantitative estimate of drug-likeness (QED) is 0.781. The topological polar surface area (TPSA) is 74.0 Å². The van der Waals surface area contributed by atoms with Gasteiger partial charge in [-0.25, -0.2) is 10.7 Å². The molecule has 0 saturated carbocycles. The summed E-state index contributed by atoms with van der Waals surface area (Å²) in [5, 5.41) is 1.02. The highest BCUT2D eigenvalue weighted by Gasteiger charge is 2.18. The van der Waals surface area contributed by atoms with Crippen molar-refractivity contribution in [2.75, 3.05) is 19.3 Å². The molecule has 16 heavy (non-hydrogen) atoms. The maximum absolute atomic E-state index is 11.4. The van der Waals surface area contributed by atoms with Gasteiger partial charge in [0.15, 0.2) is 0 Å². The summed E-state index contributed by atoms with van der Waals surface area (Å²) in [5.41, 5.74) is 1.25. The zero-order valence-corrected chi connectivity index (χ0v) is 9.17. The summed E-state index contributed by atoms with van der Waals surface area (Å²) in [6, 6.07) is 7.05. The van der Waals surface area contributed by atoms with Crippen LogP contribution >= 0.6 is 0 Å². The molecule has 6 nitrogen and oxygen atoms in total. The highest BCUT2D eigenvalue weighted by atomic mass is 16.7. The van der Waals surface area contributed by atoms with Gasteiger partial charge >= 0.3 is 6.09 Å². The number of carbonyl (C=O) groups excluding carboxylic acids is 1. The summed E-state index contributed by atoms with van der Waals surface area (Å²) < 4.78 is 4.58. The van der Waals surface area contributed by atoms with Gasteiger partial charge < -0.3 is 4.74 Å². The molecule has 0 aliphatic heterocycles. The number of rotatable bonds is 4. The Hall–Kier alpha value is -1.63. The molecule has 0 atom stereocenters. The van der Waals surface area contributed by atoms with Crippen LogP contribution in [-0.2, 0) is 21.0 Å². The number of amides is 1. The third-order valence-electron chi connectivity index (χ3n) is 1.97. The van der Waals surface area contributed by atoms with E-state index in [4.69, 9.17) is 10.7 Å². The number of hydrogen-bond donors (Lipinski definition) is 1. The molecule has 0 radical (unpaired) electrons. The third-order valence-corrected chi connectivity index (χ3v) is 1.97. The number of hydroxylamine groups is 1. The van der Waals surface area contributed by atoms with Crippen molar-refractivity contribution < 1.29 is 19.2 Å². The van der Waals surface area contributed by atoms with Crippen molar-refractivity contribution in [3.63, 3.8) is 0 Å². The van der Waals surface area contributed by atoms with Crippen molar-refractivity contribution in [2.24, 2.45) is 5.90 Å². The standard InChI is InChI=1S/C10H14N2O4/c1-14-10(13)12(15-2)9-6-4-3-5-8(9)7-16-11/h3-6H,7,11H2,1-2H3. The molecule has 0 bridgehead atoms. The molecule has 0 fully saturated rings. The van der Waals surface area contributed by atoms with Gasteiger partial charge in [-0.2, -0.15) is 5.06 Å². The van der Waals surface area contributed by atoms with Crippen molar-refractivity contribution in [2.45, 2.75) is 6.61 Å². The predicted octanol–water partition coefficient (Wildman–Crippen LogP) is 1.21. The number of anilines is 1. The van der Waals surface area contributed by atoms with Crippen LogP contribution in [0.15, 0.2) is 24.3 Å². The molecule has 0 spiro atoms. The Balaban J connectivity index is 3.03. The van der Waals surface area contributed by atoms with Gasteiger partial charge in [-0.3, -0.25) is 9.68 Å². The Labute approximate surface area is 93.4 Å². The molecule has 1 aromatic carbocycles. The van der Waals surface area contributed by atoms with E-state index in [1.165, 1.54) is 14.2 Å². The number of nitrogens with two attached hydrogens (primary N) is 1. The van der Waals surface area contributed by atoms with Crippen LogP contribution in [-0.4, -0.2) is 20.3 Å². The van der Waals surface area contributed by atoms with E-state index in [1.54, 1.807) is 18.2 Å². The molecule has 1 aromatic rings. The van der Waals surface area contributed by atoms with Gasteiger partial charge in [0.25, 0.3) is 0 Å². The molecule has 6 heteroatoms. The number of hydrogen-bond acceptors (Lipinski definition) is 5. The Kier molecular flexibility index (Phi) is 4.71. The molecule has 0 unspecified atom stereocenters. The predicted molar refractivity (Wildman–Crippen MR) is 57.3 cm³/mol. The number of methoxy groups -OCH3 is 1. The maximum atomic E-state index is 11.4. The monoisotopic (exact) mass is 226 g/mol. The molecule has 0 aromatic heterocycles. The van der Waals surface area contributed by atoms with Gasteiger partial charge in [-0.05, 0) is 6.07 Å². The van der Waals surface area contributed by atoms with Crippen LogP contribution in [0.4, 0.5) is 10.5 Å². The molecule has 1 rings (SSSR count). The lowest BCUT2D eigenvalue weighted by atomic mass is 10.2.